The first-order valence-electron chi connectivity index (χ1n) is 29.8. The van der Waals surface area contributed by atoms with Crippen LogP contribution in [0, 0.1) is 0 Å². The van der Waals surface area contributed by atoms with Crippen LogP contribution in [0.5, 0.6) is 0 Å². The van der Waals surface area contributed by atoms with E-state index in [1.165, 1.54) is 218 Å². The quantitative estimate of drug-likeness (QED) is 0.0195. The topological polar surface area (TPSA) is 111 Å². The van der Waals surface area contributed by atoms with Crippen molar-refractivity contribution in [1.82, 2.24) is 0 Å². The van der Waals surface area contributed by atoms with Crippen LogP contribution >= 0.6 is 0 Å². The summed E-state index contributed by atoms with van der Waals surface area (Å²) in [6, 6.07) is 0. The molecule has 0 saturated carbocycles. The fourth-order valence-electron chi connectivity index (χ4n) is 8.89. The van der Waals surface area contributed by atoms with Gasteiger partial charge in [-0.3, -0.25) is 9.59 Å². The van der Waals surface area contributed by atoms with Crippen LogP contribution in [0.15, 0.2) is 12.2 Å². The van der Waals surface area contributed by atoms with Crippen LogP contribution in [0.3, 0.4) is 0 Å². The molecule has 0 N–H and O–H groups in total. The van der Waals surface area contributed by atoms with E-state index in [0.717, 1.165) is 44.9 Å². The van der Waals surface area contributed by atoms with Gasteiger partial charge in [0.15, 0.2) is 12.4 Å². The van der Waals surface area contributed by atoms with Crippen molar-refractivity contribution in [2.45, 2.75) is 309 Å². The number of carbonyl (C=O) groups is 3. The van der Waals surface area contributed by atoms with Crippen molar-refractivity contribution < 1.29 is 42.9 Å². The Balaban J connectivity index is 4.15. The highest BCUT2D eigenvalue weighted by Gasteiger charge is 2.22. The molecule has 0 amide bonds. The summed E-state index contributed by atoms with van der Waals surface area (Å²) < 4.78 is 22.7. The summed E-state index contributed by atoms with van der Waals surface area (Å²) in [6.45, 7) is 4.80. The van der Waals surface area contributed by atoms with Gasteiger partial charge in [0.1, 0.15) is 13.2 Å². The maximum absolute atomic E-state index is 12.8. The number of likely N-dealkylation sites (N-methyl/N-ethyl adjacent to an activating group) is 1. The molecular formula is C60H115NO8. The number of aliphatic carboxylic acids is 1. The van der Waals surface area contributed by atoms with E-state index in [4.69, 9.17) is 18.9 Å². The summed E-state index contributed by atoms with van der Waals surface area (Å²) in [5.74, 6) is -2.26. The van der Waals surface area contributed by atoms with Crippen LogP contribution in [-0.2, 0) is 33.3 Å². The summed E-state index contributed by atoms with van der Waals surface area (Å²) in [6.07, 6.45) is 56.9. The van der Waals surface area contributed by atoms with E-state index >= 15 is 0 Å². The van der Waals surface area contributed by atoms with Gasteiger partial charge in [-0.1, -0.05) is 257 Å². The molecule has 0 radical (unpaired) electrons. The molecule has 0 spiro atoms. The van der Waals surface area contributed by atoms with E-state index in [9.17, 15) is 19.5 Å². The number of carboxylic acid groups (broad SMARTS) is 1. The fourth-order valence-corrected chi connectivity index (χ4v) is 8.89. The molecule has 0 rings (SSSR count). The second-order valence-corrected chi connectivity index (χ2v) is 21.6. The monoisotopic (exact) mass is 978 g/mol. The molecule has 408 valence electrons. The Kier molecular flexibility index (Phi) is 50.9. The minimum atomic E-state index is -1.62. The van der Waals surface area contributed by atoms with Crippen molar-refractivity contribution in [3.8, 4) is 0 Å². The van der Waals surface area contributed by atoms with Crippen molar-refractivity contribution in [2.24, 2.45) is 0 Å². The van der Waals surface area contributed by atoms with Crippen LogP contribution in [-0.4, -0.2) is 82.3 Å². The van der Waals surface area contributed by atoms with E-state index in [1.807, 2.05) is 21.1 Å². The molecule has 2 unspecified atom stereocenters. The van der Waals surface area contributed by atoms with Gasteiger partial charge in [-0.05, 0) is 38.5 Å². The van der Waals surface area contributed by atoms with Crippen molar-refractivity contribution in [1.29, 1.82) is 0 Å². The predicted octanol–water partition coefficient (Wildman–Crippen LogP) is 16.0. The Morgan fingerprint density at radius 2 is 0.739 bits per heavy atom. The lowest BCUT2D eigenvalue weighted by Crippen LogP contribution is -2.44. The molecule has 2 atom stereocenters. The summed E-state index contributed by atoms with van der Waals surface area (Å²) >= 11 is 0. The third-order valence-corrected chi connectivity index (χ3v) is 13.5. The zero-order chi connectivity index (χ0) is 50.6. The minimum Gasteiger partial charge on any atom is -0.545 e. The number of rotatable bonds is 56. The Labute approximate surface area is 427 Å². The number of carboxylic acids is 1. The lowest BCUT2D eigenvalue weighted by Gasteiger charge is -2.26. The van der Waals surface area contributed by atoms with Crippen molar-refractivity contribution >= 4 is 17.9 Å². The highest BCUT2D eigenvalue weighted by Crippen LogP contribution is 2.18. The van der Waals surface area contributed by atoms with Crippen LogP contribution in [0.1, 0.15) is 296 Å². The van der Waals surface area contributed by atoms with Gasteiger partial charge in [-0.2, -0.15) is 0 Å². The van der Waals surface area contributed by atoms with Gasteiger partial charge < -0.3 is 33.3 Å². The second kappa shape index (κ2) is 52.4. The Hall–Kier alpha value is -1.97. The molecule has 0 aliphatic rings. The number of hydrogen-bond acceptors (Lipinski definition) is 8. The zero-order valence-electron chi connectivity index (χ0n) is 46.5. The molecule has 0 aliphatic carbocycles. The molecule has 0 aromatic heterocycles. The summed E-state index contributed by atoms with van der Waals surface area (Å²) in [5.41, 5.74) is 0. The minimum absolute atomic E-state index is 0.150. The fraction of sp³-hybridized carbons (Fsp3) is 0.917. The van der Waals surface area contributed by atoms with Gasteiger partial charge in [0.2, 0.25) is 0 Å². The number of hydrogen-bond donors (Lipinski definition) is 0. The number of esters is 2. The molecule has 9 heteroatoms. The average molecular weight is 979 g/mol. The highest BCUT2D eigenvalue weighted by atomic mass is 16.7. The van der Waals surface area contributed by atoms with E-state index < -0.39 is 24.3 Å². The van der Waals surface area contributed by atoms with Crippen LogP contribution in [0.4, 0.5) is 0 Å². The van der Waals surface area contributed by atoms with E-state index in [1.54, 1.807) is 0 Å². The smallest absolute Gasteiger partial charge is 0.306 e. The van der Waals surface area contributed by atoms with Crippen molar-refractivity contribution in [3.05, 3.63) is 12.2 Å². The lowest BCUT2D eigenvalue weighted by molar-refractivity contribution is -0.870. The molecule has 0 aliphatic heterocycles. The number of unbranched alkanes of at least 4 members (excludes halogenated alkanes) is 39. The third-order valence-electron chi connectivity index (χ3n) is 13.5. The Bertz CT molecular complexity index is 1140. The predicted molar refractivity (Wildman–Crippen MR) is 288 cm³/mol. The molecule has 0 heterocycles. The SMILES string of the molecule is CCCCCCCCC/C=C\CCCCCCCCCC(=O)OC(COC(=O)CCCCCCCCCCCCCCCCCCCCCCCCCCCC)COC(OCC[N+](C)(C)C)C(=O)[O-]. The van der Waals surface area contributed by atoms with Gasteiger partial charge in [0.25, 0.3) is 0 Å². The number of allylic oxidation sites excluding steroid dienone is 2. The number of nitrogens with zero attached hydrogens (tertiary/aromatic N) is 1. The molecule has 0 aromatic rings. The van der Waals surface area contributed by atoms with Crippen molar-refractivity contribution in [3.63, 3.8) is 0 Å². The first-order valence-corrected chi connectivity index (χ1v) is 29.8. The highest BCUT2D eigenvalue weighted by molar-refractivity contribution is 5.70. The van der Waals surface area contributed by atoms with E-state index in [-0.39, 0.29) is 32.2 Å². The van der Waals surface area contributed by atoms with Gasteiger partial charge in [-0.25, -0.2) is 0 Å². The molecule has 69 heavy (non-hydrogen) atoms. The van der Waals surface area contributed by atoms with Gasteiger partial charge >= 0.3 is 11.9 Å². The average Bonchev–Trinajstić information content (AvgIpc) is 3.31. The number of carbonyl (C=O) groups excluding carboxylic acids is 3. The summed E-state index contributed by atoms with van der Waals surface area (Å²) in [5, 5.41) is 11.8. The van der Waals surface area contributed by atoms with Crippen LogP contribution < -0.4 is 5.11 Å². The second-order valence-electron chi connectivity index (χ2n) is 21.6. The van der Waals surface area contributed by atoms with Gasteiger partial charge in [0.05, 0.1) is 40.3 Å². The number of ether oxygens (including phenoxy) is 4. The maximum Gasteiger partial charge on any atom is 0.306 e. The molecule has 0 saturated heterocycles. The van der Waals surface area contributed by atoms with E-state index in [2.05, 4.69) is 26.0 Å². The molecule has 0 bridgehead atoms. The Morgan fingerprint density at radius 3 is 1.07 bits per heavy atom. The first kappa shape index (κ1) is 67.0. The van der Waals surface area contributed by atoms with Crippen LogP contribution in [0.2, 0.25) is 0 Å². The lowest BCUT2D eigenvalue weighted by atomic mass is 10.0. The van der Waals surface area contributed by atoms with Crippen LogP contribution in [0.25, 0.3) is 0 Å². The first-order chi connectivity index (χ1) is 33.6. The standard InChI is InChI=1S/C60H115NO8/c1-6-8-10-12-14-16-18-20-22-24-26-27-28-29-30-31-32-33-35-36-38-40-42-44-46-48-50-57(62)67-54-56(55-68-60(59(64)65)66-53-52-61(3,4)5)69-58(63)51-49-47-45-43-41-39-37-34-25-23-21-19-17-15-13-11-9-7-2/h23,25,56,60H,6-22,24,26-55H2,1-5H3/b25-23-. The van der Waals surface area contributed by atoms with Gasteiger partial charge in [0, 0.05) is 12.8 Å². The largest absolute Gasteiger partial charge is 0.545 e. The Morgan fingerprint density at radius 1 is 0.420 bits per heavy atom. The third kappa shape index (κ3) is 53.7. The number of quaternary nitrogens is 1. The maximum atomic E-state index is 12.8. The zero-order valence-corrected chi connectivity index (χ0v) is 46.5. The molecule has 0 fully saturated rings. The summed E-state index contributed by atoms with van der Waals surface area (Å²) in [7, 11) is 5.93. The van der Waals surface area contributed by atoms with E-state index in [0.29, 0.717) is 23.9 Å². The normalized spacial score (nSPS) is 12.8. The summed E-state index contributed by atoms with van der Waals surface area (Å²) in [4.78, 5) is 37.3. The van der Waals surface area contributed by atoms with Gasteiger partial charge in [-0.15, -0.1) is 0 Å². The molecule has 9 nitrogen and oxygen atoms in total. The molecule has 0 aromatic carbocycles. The van der Waals surface area contributed by atoms with Crippen molar-refractivity contribution in [2.75, 3.05) is 47.5 Å². The molecular weight excluding hydrogens is 863 g/mol.